The van der Waals surface area contributed by atoms with E-state index in [0.29, 0.717) is 5.92 Å². The summed E-state index contributed by atoms with van der Waals surface area (Å²) in [4.78, 5) is 16.9. The van der Waals surface area contributed by atoms with Crippen LogP contribution in [0.1, 0.15) is 68.1 Å². The van der Waals surface area contributed by atoms with Gasteiger partial charge in [0.05, 0.1) is 28.9 Å². The van der Waals surface area contributed by atoms with E-state index in [4.69, 9.17) is 4.74 Å². The van der Waals surface area contributed by atoms with Gasteiger partial charge in [-0.1, -0.05) is 12.8 Å². The third-order valence-electron chi connectivity index (χ3n) is 4.58. The molecular formula is C16H25N3O2S. The third kappa shape index (κ3) is 3.79. The Morgan fingerprint density at radius 3 is 2.86 bits per heavy atom. The van der Waals surface area contributed by atoms with E-state index in [9.17, 15) is 4.79 Å². The molecule has 2 amide bonds. The zero-order chi connectivity index (χ0) is 15.5. The normalized spacial score (nSPS) is 26.5. The second kappa shape index (κ2) is 6.96. The minimum atomic E-state index is -0.123. The van der Waals surface area contributed by atoms with Gasteiger partial charge in [0.25, 0.3) is 0 Å². The molecule has 5 nitrogen and oxygen atoms in total. The summed E-state index contributed by atoms with van der Waals surface area (Å²) < 4.78 is 5.48. The number of carbonyl (C=O) groups is 1. The fourth-order valence-electron chi connectivity index (χ4n) is 3.04. The second-order valence-electron chi connectivity index (χ2n) is 6.39. The molecule has 1 aromatic heterocycles. The Morgan fingerprint density at radius 1 is 1.36 bits per heavy atom. The fourth-order valence-corrected chi connectivity index (χ4v) is 4.13. The minimum Gasteiger partial charge on any atom is -0.379 e. The lowest BCUT2D eigenvalue weighted by molar-refractivity contribution is 0.0451. The van der Waals surface area contributed by atoms with E-state index in [0.717, 1.165) is 25.0 Å². The number of aromatic nitrogens is 1. The highest BCUT2D eigenvalue weighted by Gasteiger charge is 2.28. The molecule has 0 spiro atoms. The lowest BCUT2D eigenvalue weighted by atomic mass is 9.92. The number of methoxy groups -OCH3 is 1. The van der Waals surface area contributed by atoms with Gasteiger partial charge < -0.3 is 15.4 Å². The van der Waals surface area contributed by atoms with E-state index in [1.165, 1.54) is 24.3 Å². The van der Waals surface area contributed by atoms with Gasteiger partial charge >= 0.3 is 6.03 Å². The van der Waals surface area contributed by atoms with Crippen molar-refractivity contribution in [2.75, 3.05) is 7.11 Å². The summed E-state index contributed by atoms with van der Waals surface area (Å²) in [5.74, 6) is 0.671. The van der Waals surface area contributed by atoms with E-state index < -0.39 is 0 Å². The maximum Gasteiger partial charge on any atom is 0.315 e. The van der Waals surface area contributed by atoms with Crippen LogP contribution in [0.2, 0.25) is 0 Å². The molecule has 1 heterocycles. The fraction of sp³-hybridized carbons (Fsp3) is 0.750. The van der Waals surface area contributed by atoms with Crippen molar-refractivity contribution in [1.82, 2.24) is 15.6 Å². The molecule has 6 heteroatoms. The molecule has 2 saturated carbocycles. The van der Waals surface area contributed by atoms with Crippen LogP contribution in [0, 0.1) is 0 Å². The number of hydrogen-bond acceptors (Lipinski definition) is 4. The van der Waals surface area contributed by atoms with E-state index in [1.54, 1.807) is 18.4 Å². The number of hydrogen-bond donors (Lipinski definition) is 2. The monoisotopic (exact) mass is 323 g/mol. The van der Waals surface area contributed by atoms with Gasteiger partial charge in [-0.25, -0.2) is 9.78 Å². The molecule has 0 bridgehead atoms. The quantitative estimate of drug-likeness (QED) is 0.873. The van der Waals surface area contributed by atoms with Crippen molar-refractivity contribution in [3.8, 4) is 0 Å². The summed E-state index contributed by atoms with van der Waals surface area (Å²) in [7, 11) is 1.72. The molecule has 0 unspecified atom stereocenters. The van der Waals surface area contributed by atoms with Crippen LogP contribution in [-0.2, 0) is 4.74 Å². The number of nitrogens with zero attached hydrogens (tertiary/aromatic N) is 1. The lowest BCUT2D eigenvalue weighted by Crippen LogP contribution is -2.50. The Balaban J connectivity index is 1.51. The van der Waals surface area contributed by atoms with Crippen LogP contribution in [0.3, 0.4) is 0 Å². The highest BCUT2D eigenvalue weighted by Crippen LogP contribution is 2.41. The maximum absolute atomic E-state index is 12.2. The van der Waals surface area contributed by atoms with Crippen LogP contribution in [0.5, 0.6) is 0 Å². The number of nitrogens with one attached hydrogen (secondary N) is 2. The Morgan fingerprint density at radius 2 is 2.14 bits per heavy atom. The van der Waals surface area contributed by atoms with E-state index in [1.807, 2.05) is 6.92 Å². The Kier molecular flexibility index (Phi) is 4.98. The summed E-state index contributed by atoms with van der Waals surface area (Å²) in [5, 5.41) is 9.35. The predicted molar refractivity (Wildman–Crippen MR) is 87.2 cm³/mol. The molecule has 1 aromatic rings. The molecule has 22 heavy (non-hydrogen) atoms. The van der Waals surface area contributed by atoms with Gasteiger partial charge in [-0.3, -0.25) is 0 Å². The summed E-state index contributed by atoms with van der Waals surface area (Å²) in [6.07, 6.45) is 6.99. The van der Waals surface area contributed by atoms with Crippen molar-refractivity contribution in [3.05, 3.63) is 16.1 Å². The first-order valence-electron chi connectivity index (χ1n) is 8.22. The lowest BCUT2D eigenvalue weighted by Gasteiger charge is -2.31. The van der Waals surface area contributed by atoms with E-state index in [-0.39, 0.29) is 24.2 Å². The minimum absolute atomic E-state index is 0.0617. The first kappa shape index (κ1) is 15.7. The molecule has 3 rings (SSSR count). The van der Waals surface area contributed by atoms with Crippen LogP contribution >= 0.6 is 11.3 Å². The highest BCUT2D eigenvalue weighted by molar-refractivity contribution is 7.09. The Bertz CT molecular complexity index is 515. The number of urea groups is 1. The van der Waals surface area contributed by atoms with Gasteiger partial charge in [-0.15, -0.1) is 11.3 Å². The zero-order valence-electron chi connectivity index (χ0n) is 13.3. The number of amides is 2. The molecule has 122 valence electrons. The van der Waals surface area contributed by atoms with Crippen molar-refractivity contribution < 1.29 is 9.53 Å². The van der Waals surface area contributed by atoms with Gasteiger partial charge in [-0.2, -0.15) is 0 Å². The molecule has 0 aromatic carbocycles. The third-order valence-corrected chi connectivity index (χ3v) is 5.60. The molecule has 0 saturated heterocycles. The molecule has 2 aliphatic carbocycles. The van der Waals surface area contributed by atoms with Crippen LogP contribution < -0.4 is 10.6 Å². The van der Waals surface area contributed by atoms with E-state index in [2.05, 4.69) is 21.0 Å². The SMILES string of the molecule is CO[C@@H]1CCCC[C@@H]1NC(=O)N[C@H](C)c1csc(C2CC2)n1. The number of thiazole rings is 1. The van der Waals surface area contributed by atoms with Crippen molar-refractivity contribution in [2.45, 2.75) is 69.6 Å². The Labute approximate surface area is 135 Å². The number of ether oxygens (including phenoxy) is 1. The summed E-state index contributed by atoms with van der Waals surface area (Å²) >= 11 is 1.71. The maximum atomic E-state index is 12.2. The van der Waals surface area contributed by atoms with Crippen molar-refractivity contribution in [3.63, 3.8) is 0 Å². The van der Waals surface area contributed by atoms with Crippen molar-refractivity contribution in [2.24, 2.45) is 0 Å². The topological polar surface area (TPSA) is 63.2 Å². The second-order valence-corrected chi connectivity index (χ2v) is 7.28. The van der Waals surface area contributed by atoms with Gasteiger partial charge in [0, 0.05) is 18.4 Å². The Hall–Kier alpha value is -1.14. The number of carbonyl (C=O) groups excluding carboxylic acids is 1. The van der Waals surface area contributed by atoms with Crippen molar-refractivity contribution in [1.29, 1.82) is 0 Å². The summed E-state index contributed by atoms with van der Waals surface area (Å²) in [6.45, 7) is 1.99. The standard InChI is InChI=1S/C16H25N3O2S/c1-10(13-9-22-15(18-13)11-7-8-11)17-16(20)19-12-5-3-4-6-14(12)21-2/h9-12,14H,3-8H2,1-2H3,(H2,17,19,20)/t10-,12+,14-/m1/s1. The average molecular weight is 323 g/mol. The smallest absolute Gasteiger partial charge is 0.315 e. The average Bonchev–Trinajstić information content (AvgIpc) is 3.24. The predicted octanol–water partition coefficient (Wildman–Crippen LogP) is 3.34. The van der Waals surface area contributed by atoms with Gasteiger partial charge in [0.2, 0.25) is 0 Å². The molecule has 0 radical (unpaired) electrons. The van der Waals surface area contributed by atoms with E-state index >= 15 is 0 Å². The summed E-state index contributed by atoms with van der Waals surface area (Å²) in [5.41, 5.74) is 0.967. The zero-order valence-corrected chi connectivity index (χ0v) is 14.1. The van der Waals surface area contributed by atoms with Crippen LogP contribution in [0.25, 0.3) is 0 Å². The largest absolute Gasteiger partial charge is 0.379 e. The highest BCUT2D eigenvalue weighted by atomic mass is 32.1. The molecule has 3 atom stereocenters. The van der Waals surface area contributed by atoms with Crippen molar-refractivity contribution >= 4 is 17.4 Å². The molecular weight excluding hydrogens is 298 g/mol. The van der Waals surface area contributed by atoms with Crippen LogP contribution in [0.4, 0.5) is 4.79 Å². The molecule has 2 fully saturated rings. The molecule has 0 aliphatic heterocycles. The molecule has 2 aliphatic rings. The summed E-state index contributed by atoms with van der Waals surface area (Å²) in [6, 6.07) is -0.0702. The molecule has 2 N–H and O–H groups in total. The van der Waals surface area contributed by atoms with Gasteiger partial charge in [0.1, 0.15) is 0 Å². The first-order valence-corrected chi connectivity index (χ1v) is 9.10. The number of rotatable bonds is 5. The van der Waals surface area contributed by atoms with Crippen LogP contribution in [0.15, 0.2) is 5.38 Å². The first-order chi connectivity index (χ1) is 10.7. The van der Waals surface area contributed by atoms with Gasteiger partial charge in [0.15, 0.2) is 0 Å². The van der Waals surface area contributed by atoms with Crippen LogP contribution in [-0.4, -0.2) is 30.3 Å². The van der Waals surface area contributed by atoms with Gasteiger partial charge in [-0.05, 0) is 32.6 Å².